The molecule has 0 bridgehead atoms. The van der Waals surface area contributed by atoms with Crippen LogP contribution in [-0.4, -0.2) is 48.0 Å². The van der Waals surface area contributed by atoms with E-state index >= 15 is 0 Å². The van der Waals surface area contributed by atoms with Gasteiger partial charge in [-0.3, -0.25) is 9.59 Å². The number of piperidine rings is 1. The Labute approximate surface area is 167 Å². The molecular formula is C22H31NO5. The minimum Gasteiger partial charge on any atom is -0.457 e. The van der Waals surface area contributed by atoms with E-state index in [1.807, 2.05) is 53.7 Å². The third kappa shape index (κ3) is 5.81. The number of aryl methyl sites for hydroxylation is 3. The number of carbonyl (C=O) groups is 3. The number of ketones is 1. The highest BCUT2D eigenvalue weighted by molar-refractivity contribution is 6.00. The lowest BCUT2D eigenvalue weighted by molar-refractivity contribution is -0.149. The fraction of sp³-hybridized carbons (Fsp3) is 0.591. The molecule has 6 heteroatoms. The van der Waals surface area contributed by atoms with Crippen molar-refractivity contribution in [3.8, 4) is 0 Å². The second-order valence-corrected chi connectivity index (χ2v) is 8.55. The van der Waals surface area contributed by atoms with Gasteiger partial charge < -0.3 is 14.4 Å². The maximum Gasteiger partial charge on any atom is 0.410 e. The summed E-state index contributed by atoms with van der Waals surface area (Å²) in [6.07, 6.45) is 0.656. The van der Waals surface area contributed by atoms with Gasteiger partial charge in [0.15, 0.2) is 6.61 Å². The van der Waals surface area contributed by atoms with Gasteiger partial charge in [0, 0.05) is 18.7 Å². The van der Waals surface area contributed by atoms with Gasteiger partial charge in [0.25, 0.3) is 0 Å². The maximum atomic E-state index is 12.5. The molecule has 0 spiro atoms. The quantitative estimate of drug-likeness (QED) is 0.575. The molecule has 0 radical (unpaired) electrons. The summed E-state index contributed by atoms with van der Waals surface area (Å²) in [4.78, 5) is 38.6. The van der Waals surface area contributed by atoms with E-state index in [0.717, 1.165) is 16.7 Å². The van der Waals surface area contributed by atoms with Crippen molar-refractivity contribution in [3.05, 3.63) is 34.4 Å². The zero-order chi connectivity index (χ0) is 21.1. The van der Waals surface area contributed by atoms with Gasteiger partial charge >= 0.3 is 12.1 Å². The highest BCUT2D eigenvalue weighted by Crippen LogP contribution is 2.22. The van der Waals surface area contributed by atoms with Gasteiger partial charge in [-0.25, -0.2) is 4.79 Å². The molecule has 0 aliphatic carbocycles. The number of benzene rings is 1. The topological polar surface area (TPSA) is 72.9 Å². The van der Waals surface area contributed by atoms with Gasteiger partial charge in [-0.15, -0.1) is 0 Å². The largest absolute Gasteiger partial charge is 0.457 e. The second-order valence-electron chi connectivity index (χ2n) is 8.55. The summed E-state index contributed by atoms with van der Waals surface area (Å²) in [5.41, 5.74) is 2.96. The van der Waals surface area contributed by atoms with Crippen LogP contribution in [0.25, 0.3) is 0 Å². The van der Waals surface area contributed by atoms with Crippen LogP contribution in [0.3, 0.4) is 0 Å². The minimum absolute atomic E-state index is 0.186. The number of hydrogen-bond donors (Lipinski definition) is 0. The lowest BCUT2D eigenvalue weighted by Crippen LogP contribution is -2.43. The van der Waals surface area contributed by atoms with Crippen molar-refractivity contribution in [2.75, 3.05) is 19.7 Å². The smallest absolute Gasteiger partial charge is 0.410 e. The molecule has 1 aliphatic rings. The number of likely N-dealkylation sites (tertiary alicyclic amines) is 1. The molecule has 28 heavy (non-hydrogen) atoms. The molecule has 0 unspecified atom stereocenters. The van der Waals surface area contributed by atoms with E-state index in [2.05, 4.69) is 0 Å². The van der Waals surface area contributed by atoms with Gasteiger partial charge in [-0.2, -0.15) is 0 Å². The molecule has 0 atom stereocenters. The highest BCUT2D eigenvalue weighted by Gasteiger charge is 2.31. The van der Waals surface area contributed by atoms with Crippen molar-refractivity contribution < 1.29 is 23.9 Å². The predicted octanol–water partition coefficient (Wildman–Crippen LogP) is 3.98. The maximum absolute atomic E-state index is 12.5. The fourth-order valence-corrected chi connectivity index (χ4v) is 3.57. The van der Waals surface area contributed by atoms with E-state index in [9.17, 15) is 14.4 Å². The number of nitrogens with zero attached hydrogens (tertiary/aromatic N) is 1. The van der Waals surface area contributed by atoms with Gasteiger partial charge in [0.1, 0.15) is 5.60 Å². The van der Waals surface area contributed by atoms with Crippen molar-refractivity contribution in [3.63, 3.8) is 0 Å². The zero-order valence-electron chi connectivity index (χ0n) is 17.8. The molecule has 0 saturated carbocycles. The summed E-state index contributed by atoms with van der Waals surface area (Å²) in [5, 5.41) is 0. The Bertz CT molecular complexity index is 732. The first-order chi connectivity index (χ1) is 13.0. The summed E-state index contributed by atoms with van der Waals surface area (Å²) < 4.78 is 10.6. The Balaban J connectivity index is 1.85. The van der Waals surface area contributed by atoms with Crippen LogP contribution in [0.5, 0.6) is 0 Å². The molecule has 1 heterocycles. The van der Waals surface area contributed by atoms with Crippen molar-refractivity contribution in [2.45, 2.75) is 60.0 Å². The first-order valence-corrected chi connectivity index (χ1v) is 9.73. The highest BCUT2D eigenvalue weighted by atomic mass is 16.6. The van der Waals surface area contributed by atoms with Gasteiger partial charge in [0.05, 0.1) is 5.92 Å². The lowest BCUT2D eigenvalue weighted by Gasteiger charge is -2.32. The molecule has 0 N–H and O–H groups in total. The van der Waals surface area contributed by atoms with Gasteiger partial charge in [0.2, 0.25) is 5.78 Å². The van der Waals surface area contributed by atoms with Crippen LogP contribution in [0.15, 0.2) is 12.1 Å². The Morgan fingerprint density at radius 3 is 2.07 bits per heavy atom. The van der Waals surface area contributed by atoms with Crippen LogP contribution >= 0.6 is 0 Å². The summed E-state index contributed by atoms with van der Waals surface area (Å²) >= 11 is 0. The van der Waals surface area contributed by atoms with Crippen LogP contribution in [0.4, 0.5) is 4.79 Å². The zero-order valence-corrected chi connectivity index (χ0v) is 17.8. The van der Waals surface area contributed by atoms with Crippen LogP contribution in [0, 0.1) is 26.7 Å². The number of Topliss-reactive ketones (excluding diaryl/α,β-unsaturated/α-hetero) is 1. The van der Waals surface area contributed by atoms with Crippen molar-refractivity contribution in [1.29, 1.82) is 0 Å². The Hall–Kier alpha value is -2.37. The van der Waals surface area contributed by atoms with Crippen molar-refractivity contribution in [1.82, 2.24) is 4.90 Å². The molecule has 154 valence electrons. The Kier molecular flexibility index (Phi) is 6.86. The molecule has 1 amide bonds. The summed E-state index contributed by atoms with van der Waals surface area (Å²) in [6, 6.07) is 3.91. The van der Waals surface area contributed by atoms with Crippen molar-refractivity contribution in [2.24, 2.45) is 5.92 Å². The first-order valence-electron chi connectivity index (χ1n) is 9.73. The molecule has 1 aliphatic heterocycles. The molecule has 0 aromatic heterocycles. The van der Waals surface area contributed by atoms with E-state index < -0.39 is 5.60 Å². The number of carbonyl (C=O) groups excluding carboxylic acids is 3. The first kappa shape index (κ1) is 21.9. The Morgan fingerprint density at radius 2 is 1.57 bits per heavy atom. The predicted molar refractivity (Wildman–Crippen MR) is 106 cm³/mol. The van der Waals surface area contributed by atoms with Crippen molar-refractivity contribution >= 4 is 17.8 Å². The summed E-state index contributed by atoms with van der Waals surface area (Å²) in [6.45, 7) is 11.9. The second kappa shape index (κ2) is 8.76. The molecule has 1 aromatic rings. The number of rotatable bonds is 4. The normalized spacial score (nSPS) is 15.3. The molecule has 6 nitrogen and oxygen atoms in total. The van der Waals surface area contributed by atoms with Crippen LogP contribution < -0.4 is 0 Å². The van der Waals surface area contributed by atoms with Gasteiger partial charge in [-0.05, 0) is 65.5 Å². The number of hydrogen-bond acceptors (Lipinski definition) is 5. The van der Waals surface area contributed by atoms with E-state index in [4.69, 9.17) is 9.47 Å². The number of esters is 1. The minimum atomic E-state index is -0.542. The third-order valence-electron chi connectivity index (χ3n) is 4.78. The third-order valence-corrected chi connectivity index (χ3v) is 4.78. The standard InChI is InChI=1S/C22H31NO5/c1-14-11-15(2)19(16(3)12-14)18(24)13-27-20(25)17-7-9-23(10-8-17)21(26)28-22(4,5)6/h11-12,17H,7-10,13H2,1-6H3. The molecule has 1 aromatic carbocycles. The molecule has 2 rings (SSSR count). The van der Waals surface area contributed by atoms with Crippen LogP contribution in [0.1, 0.15) is 60.7 Å². The van der Waals surface area contributed by atoms with E-state index in [1.165, 1.54) is 0 Å². The monoisotopic (exact) mass is 389 g/mol. The Morgan fingerprint density at radius 1 is 1.04 bits per heavy atom. The number of amides is 1. The molecule has 1 fully saturated rings. The van der Waals surface area contributed by atoms with Gasteiger partial charge in [-0.1, -0.05) is 17.7 Å². The number of ether oxygens (including phenoxy) is 2. The fourth-order valence-electron chi connectivity index (χ4n) is 3.57. The van der Waals surface area contributed by atoms with Crippen LogP contribution in [0.2, 0.25) is 0 Å². The summed E-state index contributed by atoms with van der Waals surface area (Å²) in [5.74, 6) is -0.860. The molecular weight excluding hydrogens is 358 g/mol. The van der Waals surface area contributed by atoms with E-state index in [1.54, 1.807) is 4.90 Å². The summed E-state index contributed by atoms with van der Waals surface area (Å²) in [7, 11) is 0. The van der Waals surface area contributed by atoms with E-state index in [0.29, 0.717) is 31.5 Å². The SMILES string of the molecule is Cc1cc(C)c(C(=O)COC(=O)C2CCN(C(=O)OC(C)(C)C)CC2)c(C)c1. The van der Waals surface area contributed by atoms with Crippen LogP contribution in [-0.2, 0) is 14.3 Å². The van der Waals surface area contributed by atoms with E-state index in [-0.39, 0.29) is 30.4 Å². The lowest BCUT2D eigenvalue weighted by atomic mass is 9.96. The molecule has 1 saturated heterocycles. The average molecular weight is 389 g/mol. The average Bonchev–Trinajstić information content (AvgIpc) is 2.57.